The summed E-state index contributed by atoms with van der Waals surface area (Å²) < 4.78 is 10.5. The Balaban J connectivity index is 1.52. The highest BCUT2D eigenvalue weighted by atomic mass is 16.5. The number of carbonyl (C=O) groups excluding carboxylic acids is 1. The van der Waals surface area contributed by atoms with E-state index < -0.39 is 0 Å². The number of aromatic nitrogens is 3. The van der Waals surface area contributed by atoms with Crippen molar-refractivity contribution in [2.24, 2.45) is 0 Å². The lowest BCUT2D eigenvalue weighted by atomic mass is 9.97. The second kappa shape index (κ2) is 7.71. The number of benzene rings is 2. The van der Waals surface area contributed by atoms with Gasteiger partial charge in [0, 0.05) is 24.1 Å². The summed E-state index contributed by atoms with van der Waals surface area (Å²) in [7, 11) is 0. The Morgan fingerprint density at radius 1 is 0.966 bits per heavy atom. The van der Waals surface area contributed by atoms with Gasteiger partial charge in [0.1, 0.15) is 11.5 Å². The van der Waals surface area contributed by atoms with E-state index in [4.69, 9.17) is 8.94 Å². The summed E-state index contributed by atoms with van der Waals surface area (Å²) in [5.41, 5.74) is 5.29. The normalized spacial score (nSPS) is 10.9. The Kier molecular flexibility index (Phi) is 4.95. The maximum absolute atomic E-state index is 12.4. The Labute approximate surface area is 167 Å². The van der Waals surface area contributed by atoms with Crippen molar-refractivity contribution in [1.82, 2.24) is 20.7 Å². The third-order valence-corrected chi connectivity index (χ3v) is 4.58. The highest BCUT2D eigenvalue weighted by Gasteiger charge is 2.11. The van der Waals surface area contributed by atoms with E-state index in [1.165, 1.54) is 0 Å². The average molecular weight is 388 g/mol. The number of aryl methyl sites for hydroxylation is 3. The molecule has 4 rings (SSSR count). The van der Waals surface area contributed by atoms with Crippen LogP contribution in [0.3, 0.4) is 0 Å². The molecule has 0 spiro atoms. The van der Waals surface area contributed by atoms with Crippen LogP contribution in [0.25, 0.3) is 22.6 Å². The number of nitrogens with one attached hydrogen (secondary N) is 1. The average Bonchev–Trinajstić information content (AvgIpc) is 3.35. The summed E-state index contributed by atoms with van der Waals surface area (Å²) in [6, 6.07) is 15.3. The minimum Gasteiger partial charge on any atom is -0.421 e. The van der Waals surface area contributed by atoms with Crippen LogP contribution >= 0.6 is 0 Å². The molecule has 7 heteroatoms. The first kappa shape index (κ1) is 18.6. The predicted molar refractivity (Wildman–Crippen MR) is 107 cm³/mol. The lowest BCUT2D eigenvalue weighted by molar-refractivity contribution is 0.0950. The molecule has 0 atom stereocenters. The summed E-state index contributed by atoms with van der Waals surface area (Å²) in [4.78, 5) is 12.4. The molecule has 0 saturated carbocycles. The largest absolute Gasteiger partial charge is 0.421 e. The van der Waals surface area contributed by atoms with E-state index in [-0.39, 0.29) is 5.91 Å². The molecule has 2 aromatic carbocycles. The van der Waals surface area contributed by atoms with Crippen molar-refractivity contribution in [3.8, 4) is 22.6 Å². The molecular formula is C22H20N4O3. The molecule has 4 aromatic rings. The van der Waals surface area contributed by atoms with E-state index >= 15 is 0 Å². The lowest BCUT2D eigenvalue weighted by Crippen LogP contribution is -2.22. The highest BCUT2D eigenvalue weighted by molar-refractivity contribution is 5.94. The fraction of sp³-hybridized carbons (Fsp3) is 0.182. The Bertz CT molecular complexity index is 1160. The van der Waals surface area contributed by atoms with Crippen molar-refractivity contribution in [3.63, 3.8) is 0 Å². The van der Waals surface area contributed by atoms with Crippen LogP contribution in [-0.4, -0.2) is 21.3 Å². The first-order chi connectivity index (χ1) is 14.0. The summed E-state index contributed by atoms with van der Waals surface area (Å²) in [6.07, 6.45) is 0. The summed E-state index contributed by atoms with van der Waals surface area (Å²) >= 11 is 0. The Hall–Kier alpha value is -3.74. The zero-order valence-electron chi connectivity index (χ0n) is 16.4. The molecule has 7 nitrogen and oxygen atoms in total. The van der Waals surface area contributed by atoms with Crippen LogP contribution < -0.4 is 5.32 Å². The van der Waals surface area contributed by atoms with Crippen LogP contribution in [0.15, 0.2) is 57.5 Å². The van der Waals surface area contributed by atoms with Gasteiger partial charge in [-0.3, -0.25) is 4.79 Å². The molecule has 0 fully saturated rings. The van der Waals surface area contributed by atoms with Gasteiger partial charge in [-0.25, -0.2) is 0 Å². The van der Waals surface area contributed by atoms with E-state index in [1.54, 1.807) is 13.0 Å². The molecule has 2 aromatic heterocycles. The molecule has 1 N–H and O–H groups in total. The second-order valence-corrected chi connectivity index (χ2v) is 6.84. The van der Waals surface area contributed by atoms with Gasteiger partial charge in [-0.15, -0.1) is 10.2 Å². The van der Waals surface area contributed by atoms with Crippen LogP contribution in [0.4, 0.5) is 0 Å². The maximum atomic E-state index is 12.4. The number of nitrogens with zero attached hydrogens (tertiary/aromatic N) is 3. The molecule has 0 radical (unpaired) electrons. The second-order valence-electron chi connectivity index (χ2n) is 6.84. The first-order valence-electron chi connectivity index (χ1n) is 9.21. The molecule has 2 heterocycles. The number of carbonyl (C=O) groups is 1. The quantitative estimate of drug-likeness (QED) is 0.549. The van der Waals surface area contributed by atoms with Crippen LogP contribution in [-0.2, 0) is 6.54 Å². The molecule has 0 aliphatic carbocycles. The monoisotopic (exact) mass is 388 g/mol. The molecule has 0 aliphatic heterocycles. The SMILES string of the molecule is Cc1cc(CNC(=O)c2ccc(-c3cc(-c4nnc(C)o4)ccc3C)cc2)no1. The summed E-state index contributed by atoms with van der Waals surface area (Å²) in [5, 5.41) is 14.7. The van der Waals surface area contributed by atoms with Crippen molar-refractivity contribution < 1.29 is 13.7 Å². The van der Waals surface area contributed by atoms with E-state index in [1.807, 2.05) is 56.3 Å². The predicted octanol–water partition coefficient (Wildman–Crippen LogP) is 4.25. The summed E-state index contributed by atoms with van der Waals surface area (Å²) in [5.74, 6) is 1.57. The lowest BCUT2D eigenvalue weighted by Gasteiger charge is -2.09. The van der Waals surface area contributed by atoms with Crippen molar-refractivity contribution >= 4 is 5.91 Å². The van der Waals surface area contributed by atoms with Gasteiger partial charge < -0.3 is 14.3 Å². The molecule has 0 saturated heterocycles. The van der Waals surface area contributed by atoms with Crippen LogP contribution in [0.1, 0.15) is 33.3 Å². The van der Waals surface area contributed by atoms with Crippen molar-refractivity contribution in [1.29, 1.82) is 0 Å². The highest BCUT2D eigenvalue weighted by Crippen LogP contribution is 2.29. The Morgan fingerprint density at radius 2 is 1.72 bits per heavy atom. The first-order valence-corrected chi connectivity index (χ1v) is 9.21. The van der Waals surface area contributed by atoms with Crippen LogP contribution in [0.5, 0.6) is 0 Å². The Morgan fingerprint density at radius 3 is 2.38 bits per heavy atom. The number of rotatable bonds is 5. The molecule has 0 unspecified atom stereocenters. The summed E-state index contributed by atoms with van der Waals surface area (Å²) in [6.45, 7) is 5.94. The van der Waals surface area contributed by atoms with Crippen molar-refractivity contribution in [2.45, 2.75) is 27.3 Å². The molecule has 1 amide bonds. The van der Waals surface area contributed by atoms with Gasteiger partial charge in [0.2, 0.25) is 11.8 Å². The molecular weight excluding hydrogens is 368 g/mol. The van der Waals surface area contributed by atoms with Crippen LogP contribution in [0.2, 0.25) is 0 Å². The van der Waals surface area contributed by atoms with Gasteiger partial charge in [0.25, 0.3) is 5.91 Å². The van der Waals surface area contributed by atoms with Crippen molar-refractivity contribution in [2.75, 3.05) is 0 Å². The van der Waals surface area contributed by atoms with E-state index in [2.05, 4.69) is 20.7 Å². The fourth-order valence-corrected chi connectivity index (χ4v) is 3.05. The number of amides is 1. The molecule has 0 bridgehead atoms. The topological polar surface area (TPSA) is 94.1 Å². The van der Waals surface area contributed by atoms with Gasteiger partial charge in [-0.05, 0) is 54.8 Å². The van der Waals surface area contributed by atoms with Gasteiger partial charge in [0.15, 0.2) is 0 Å². The number of hydrogen-bond acceptors (Lipinski definition) is 6. The standard InChI is InChI=1S/C22H20N4O3/c1-13-4-5-18(22-25-24-15(3)28-22)11-20(13)16-6-8-17(9-7-16)21(27)23-12-19-10-14(2)29-26-19/h4-11H,12H2,1-3H3,(H,23,27). The minimum absolute atomic E-state index is 0.163. The van der Waals surface area contributed by atoms with E-state index in [0.717, 1.165) is 22.3 Å². The fourth-order valence-electron chi connectivity index (χ4n) is 3.05. The minimum atomic E-state index is -0.163. The smallest absolute Gasteiger partial charge is 0.251 e. The van der Waals surface area contributed by atoms with Crippen molar-refractivity contribution in [3.05, 3.63) is 77.0 Å². The van der Waals surface area contributed by atoms with Gasteiger partial charge in [0.05, 0.1) is 6.54 Å². The molecule has 146 valence electrons. The zero-order valence-corrected chi connectivity index (χ0v) is 16.4. The zero-order chi connectivity index (χ0) is 20.4. The number of hydrogen-bond donors (Lipinski definition) is 1. The van der Waals surface area contributed by atoms with Gasteiger partial charge in [-0.1, -0.05) is 23.4 Å². The third kappa shape index (κ3) is 4.08. The third-order valence-electron chi connectivity index (χ3n) is 4.58. The molecule has 29 heavy (non-hydrogen) atoms. The van der Waals surface area contributed by atoms with E-state index in [0.29, 0.717) is 35.3 Å². The maximum Gasteiger partial charge on any atom is 0.251 e. The van der Waals surface area contributed by atoms with Crippen LogP contribution in [0, 0.1) is 20.8 Å². The van der Waals surface area contributed by atoms with Gasteiger partial charge >= 0.3 is 0 Å². The van der Waals surface area contributed by atoms with Gasteiger partial charge in [-0.2, -0.15) is 0 Å². The molecule has 0 aliphatic rings. The van der Waals surface area contributed by atoms with E-state index in [9.17, 15) is 4.79 Å².